The number of carbonyl (C=O) groups excluding carboxylic acids is 2. The first kappa shape index (κ1) is 16.5. The number of esters is 1. The minimum atomic E-state index is -0.332. The van der Waals surface area contributed by atoms with Crippen LogP contribution in [0, 0.1) is 0 Å². The fourth-order valence-electron chi connectivity index (χ4n) is 2.00. The lowest BCUT2D eigenvalue weighted by Gasteiger charge is -2.08. The average molecular weight is 312 g/mol. The molecule has 1 amide bonds. The summed E-state index contributed by atoms with van der Waals surface area (Å²) in [6, 6.07) is 16.3. The lowest BCUT2D eigenvalue weighted by molar-refractivity contribution is -0.115. The van der Waals surface area contributed by atoms with Gasteiger partial charge >= 0.3 is 5.97 Å². The van der Waals surface area contributed by atoms with Crippen LogP contribution in [-0.2, 0) is 9.53 Å². The molecule has 0 saturated heterocycles. The molecule has 2 aromatic carbocycles. The molecule has 5 nitrogen and oxygen atoms in total. The summed E-state index contributed by atoms with van der Waals surface area (Å²) in [5.74, 6) is -0.381. The van der Waals surface area contributed by atoms with Crippen molar-refractivity contribution in [2.24, 2.45) is 0 Å². The number of nitrogens with one attached hydrogen (secondary N) is 2. The molecule has 0 atom stereocenters. The standard InChI is InChI=1S/C18H20N2O3/c1-2-23-18(22)14-8-10-15(11-9-14)19-13-12-17(21)20-16-6-4-3-5-7-16/h3-11,19H,2,12-13H2,1H3,(H,20,21). The lowest BCUT2D eigenvalue weighted by Crippen LogP contribution is -2.16. The number of carbonyl (C=O) groups is 2. The van der Waals surface area contributed by atoms with Gasteiger partial charge in [-0.25, -0.2) is 4.79 Å². The first-order valence-corrected chi connectivity index (χ1v) is 7.55. The second kappa shape index (κ2) is 8.58. The minimum Gasteiger partial charge on any atom is -0.462 e. The predicted octanol–water partition coefficient (Wildman–Crippen LogP) is 3.30. The number of benzene rings is 2. The zero-order chi connectivity index (χ0) is 16.5. The van der Waals surface area contributed by atoms with Crippen molar-refractivity contribution >= 4 is 23.3 Å². The Labute approximate surface area is 135 Å². The number of para-hydroxylation sites is 1. The van der Waals surface area contributed by atoms with Gasteiger partial charge in [-0.15, -0.1) is 0 Å². The van der Waals surface area contributed by atoms with Crippen LogP contribution in [0.2, 0.25) is 0 Å². The van der Waals surface area contributed by atoms with Crippen LogP contribution < -0.4 is 10.6 Å². The summed E-state index contributed by atoms with van der Waals surface area (Å²) in [7, 11) is 0. The van der Waals surface area contributed by atoms with Crippen molar-refractivity contribution in [3.8, 4) is 0 Å². The second-order valence-corrected chi connectivity index (χ2v) is 4.89. The summed E-state index contributed by atoms with van der Waals surface area (Å²) in [6.07, 6.45) is 0.356. The van der Waals surface area contributed by atoms with Gasteiger partial charge < -0.3 is 15.4 Å². The van der Waals surface area contributed by atoms with Crippen molar-refractivity contribution in [1.82, 2.24) is 0 Å². The lowest BCUT2D eigenvalue weighted by atomic mass is 10.2. The maximum Gasteiger partial charge on any atom is 0.338 e. The van der Waals surface area contributed by atoms with E-state index in [0.29, 0.717) is 25.1 Å². The Bertz CT molecular complexity index is 639. The molecule has 0 aliphatic heterocycles. The summed E-state index contributed by atoms with van der Waals surface area (Å²) in [6.45, 7) is 2.64. The number of ether oxygens (including phenoxy) is 1. The molecule has 2 rings (SSSR count). The zero-order valence-electron chi connectivity index (χ0n) is 13.0. The first-order valence-electron chi connectivity index (χ1n) is 7.55. The van der Waals surface area contributed by atoms with Gasteiger partial charge in [0, 0.05) is 24.3 Å². The number of rotatable bonds is 7. The van der Waals surface area contributed by atoms with Crippen molar-refractivity contribution < 1.29 is 14.3 Å². The molecule has 120 valence electrons. The molecular weight excluding hydrogens is 292 g/mol. The normalized spacial score (nSPS) is 9.96. The number of hydrogen-bond acceptors (Lipinski definition) is 4. The van der Waals surface area contributed by atoms with E-state index in [-0.39, 0.29) is 11.9 Å². The summed E-state index contributed by atoms with van der Waals surface area (Å²) >= 11 is 0. The second-order valence-electron chi connectivity index (χ2n) is 4.89. The van der Waals surface area contributed by atoms with E-state index in [9.17, 15) is 9.59 Å². The van der Waals surface area contributed by atoms with Crippen molar-refractivity contribution in [2.45, 2.75) is 13.3 Å². The molecule has 0 unspecified atom stereocenters. The monoisotopic (exact) mass is 312 g/mol. The van der Waals surface area contributed by atoms with Gasteiger partial charge in [0.25, 0.3) is 0 Å². The number of anilines is 2. The van der Waals surface area contributed by atoms with Gasteiger partial charge in [0.2, 0.25) is 5.91 Å². The van der Waals surface area contributed by atoms with Crippen LogP contribution >= 0.6 is 0 Å². The smallest absolute Gasteiger partial charge is 0.338 e. The van der Waals surface area contributed by atoms with Gasteiger partial charge in [0.05, 0.1) is 12.2 Å². The quantitative estimate of drug-likeness (QED) is 0.770. The molecular formula is C18H20N2O3. The van der Waals surface area contributed by atoms with E-state index in [1.165, 1.54) is 0 Å². The third-order valence-electron chi connectivity index (χ3n) is 3.13. The Morgan fingerprint density at radius 1 is 0.957 bits per heavy atom. The molecule has 0 radical (unpaired) electrons. The molecule has 0 saturated carbocycles. The van der Waals surface area contributed by atoms with Crippen LogP contribution in [0.4, 0.5) is 11.4 Å². The highest BCUT2D eigenvalue weighted by atomic mass is 16.5. The zero-order valence-corrected chi connectivity index (χ0v) is 13.0. The highest BCUT2D eigenvalue weighted by molar-refractivity contribution is 5.91. The van der Waals surface area contributed by atoms with Gasteiger partial charge in [-0.1, -0.05) is 18.2 Å². The van der Waals surface area contributed by atoms with Crippen LogP contribution in [-0.4, -0.2) is 25.0 Å². The largest absolute Gasteiger partial charge is 0.462 e. The van der Waals surface area contributed by atoms with E-state index in [2.05, 4.69) is 10.6 Å². The van der Waals surface area contributed by atoms with E-state index in [1.807, 2.05) is 30.3 Å². The highest BCUT2D eigenvalue weighted by Crippen LogP contribution is 2.11. The number of hydrogen-bond donors (Lipinski definition) is 2. The fourth-order valence-corrected chi connectivity index (χ4v) is 2.00. The maximum absolute atomic E-state index is 11.8. The van der Waals surface area contributed by atoms with Gasteiger partial charge in [-0.2, -0.15) is 0 Å². The Morgan fingerprint density at radius 2 is 1.65 bits per heavy atom. The Morgan fingerprint density at radius 3 is 2.30 bits per heavy atom. The third kappa shape index (κ3) is 5.47. The SMILES string of the molecule is CCOC(=O)c1ccc(NCCC(=O)Nc2ccccc2)cc1. The molecule has 5 heteroatoms. The first-order chi connectivity index (χ1) is 11.2. The summed E-state index contributed by atoms with van der Waals surface area (Å²) in [5, 5.41) is 5.97. The molecule has 0 aliphatic rings. The van der Waals surface area contributed by atoms with Crippen molar-refractivity contribution in [3.05, 3.63) is 60.2 Å². The molecule has 0 fully saturated rings. The molecule has 0 aliphatic carbocycles. The van der Waals surface area contributed by atoms with Gasteiger partial charge in [-0.05, 0) is 43.3 Å². The van der Waals surface area contributed by atoms with Crippen LogP contribution in [0.3, 0.4) is 0 Å². The van der Waals surface area contributed by atoms with Crippen LogP contribution in [0.25, 0.3) is 0 Å². The molecule has 0 bridgehead atoms. The van der Waals surface area contributed by atoms with Crippen LogP contribution in [0.5, 0.6) is 0 Å². The third-order valence-corrected chi connectivity index (χ3v) is 3.13. The van der Waals surface area contributed by atoms with Crippen LogP contribution in [0.1, 0.15) is 23.7 Å². The van der Waals surface area contributed by atoms with E-state index in [4.69, 9.17) is 4.74 Å². The molecule has 2 N–H and O–H groups in total. The Kier molecular flexibility index (Phi) is 6.17. The Hall–Kier alpha value is -2.82. The van der Waals surface area contributed by atoms with Gasteiger partial charge in [0.15, 0.2) is 0 Å². The summed E-state index contributed by atoms with van der Waals surface area (Å²) in [4.78, 5) is 23.3. The van der Waals surface area contributed by atoms with E-state index in [1.54, 1.807) is 31.2 Å². The summed E-state index contributed by atoms with van der Waals surface area (Å²) < 4.78 is 4.92. The fraction of sp³-hybridized carbons (Fsp3) is 0.222. The molecule has 23 heavy (non-hydrogen) atoms. The van der Waals surface area contributed by atoms with E-state index < -0.39 is 0 Å². The van der Waals surface area contributed by atoms with E-state index in [0.717, 1.165) is 11.4 Å². The predicted molar refractivity (Wildman–Crippen MR) is 90.6 cm³/mol. The molecule has 2 aromatic rings. The van der Waals surface area contributed by atoms with Gasteiger partial charge in [0.1, 0.15) is 0 Å². The molecule has 0 spiro atoms. The highest BCUT2D eigenvalue weighted by Gasteiger charge is 2.06. The molecule has 0 heterocycles. The van der Waals surface area contributed by atoms with Crippen molar-refractivity contribution in [1.29, 1.82) is 0 Å². The topological polar surface area (TPSA) is 67.4 Å². The van der Waals surface area contributed by atoms with Crippen molar-refractivity contribution in [3.63, 3.8) is 0 Å². The summed E-state index contributed by atoms with van der Waals surface area (Å²) in [5.41, 5.74) is 2.15. The molecule has 0 aromatic heterocycles. The van der Waals surface area contributed by atoms with Crippen LogP contribution in [0.15, 0.2) is 54.6 Å². The van der Waals surface area contributed by atoms with E-state index >= 15 is 0 Å². The van der Waals surface area contributed by atoms with Gasteiger partial charge in [-0.3, -0.25) is 4.79 Å². The average Bonchev–Trinajstić information content (AvgIpc) is 2.56. The number of amides is 1. The minimum absolute atomic E-state index is 0.0492. The van der Waals surface area contributed by atoms with Crippen molar-refractivity contribution in [2.75, 3.05) is 23.8 Å². The Balaban J connectivity index is 1.75. The maximum atomic E-state index is 11.8.